The average molecular weight is 245 g/mol. The number of hydrogen-bond donors (Lipinski definition) is 4. The highest BCUT2D eigenvalue weighted by Gasteiger charge is 2.22. The molecule has 6 heteroatoms. The fraction of sp³-hybridized carbons (Fsp3) is 0.818. The monoisotopic (exact) mass is 245 g/mol. The van der Waals surface area contributed by atoms with Crippen LogP contribution in [0.2, 0.25) is 0 Å². The van der Waals surface area contributed by atoms with E-state index >= 15 is 0 Å². The van der Waals surface area contributed by atoms with Gasteiger partial charge in [0.25, 0.3) is 0 Å². The molecule has 0 rings (SSSR count). The number of hydrogen-bond acceptors (Lipinski definition) is 4. The van der Waals surface area contributed by atoms with Crippen LogP contribution in [0.3, 0.4) is 0 Å². The van der Waals surface area contributed by atoms with Crippen LogP contribution in [0.15, 0.2) is 0 Å². The Bertz CT molecular complexity index is 246. The molecule has 0 unspecified atom stereocenters. The molecule has 0 heterocycles. The topological polar surface area (TPSA) is 118 Å². The lowest BCUT2D eigenvalue weighted by atomic mass is 10.1. The molecule has 2 atom stereocenters. The van der Waals surface area contributed by atoms with Gasteiger partial charge in [-0.05, 0) is 25.8 Å². The predicted molar refractivity (Wildman–Crippen MR) is 65.4 cm³/mol. The van der Waals surface area contributed by atoms with Crippen molar-refractivity contribution in [2.45, 2.75) is 51.1 Å². The minimum Gasteiger partial charge on any atom is -0.480 e. The third-order valence-corrected chi connectivity index (χ3v) is 2.52. The molecule has 1 amide bonds. The summed E-state index contributed by atoms with van der Waals surface area (Å²) in [4.78, 5) is 22.5. The van der Waals surface area contributed by atoms with Crippen LogP contribution in [0.4, 0.5) is 0 Å². The zero-order chi connectivity index (χ0) is 13.3. The normalized spacial score (nSPS) is 14.1. The van der Waals surface area contributed by atoms with Crippen molar-refractivity contribution in [3.05, 3.63) is 0 Å². The van der Waals surface area contributed by atoms with Crippen molar-refractivity contribution in [2.75, 3.05) is 6.54 Å². The number of nitrogens with two attached hydrogens (primary N) is 2. The summed E-state index contributed by atoms with van der Waals surface area (Å²) < 4.78 is 0. The number of unbranched alkanes of at least 4 members (excludes halogenated alkanes) is 1. The van der Waals surface area contributed by atoms with Crippen LogP contribution in [0.5, 0.6) is 0 Å². The zero-order valence-corrected chi connectivity index (χ0v) is 10.3. The molecule has 0 radical (unpaired) electrons. The first kappa shape index (κ1) is 15.9. The number of carboxylic acids is 1. The standard InChI is InChI=1S/C11H23N3O3/c1-2-3-5-8(13)10(15)14-9(11(16)17)6-4-7-12/h8-9H,2-7,12-13H2,1H3,(H,14,15)(H,16,17)/t8-,9-/m0/s1. The molecule has 0 aromatic heterocycles. The Morgan fingerprint density at radius 2 is 1.94 bits per heavy atom. The first-order chi connectivity index (χ1) is 8.02. The van der Waals surface area contributed by atoms with Gasteiger partial charge in [0.2, 0.25) is 5.91 Å². The number of amides is 1. The van der Waals surface area contributed by atoms with E-state index in [0.29, 0.717) is 25.8 Å². The molecule has 0 saturated carbocycles. The number of nitrogens with one attached hydrogen (secondary N) is 1. The summed E-state index contributed by atoms with van der Waals surface area (Å²) >= 11 is 0. The smallest absolute Gasteiger partial charge is 0.326 e. The first-order valence-corrected chi connectivity index (χ1v) is 6.01. The Labute approximate surface area is 102 Å². The van der Waals surface area contributed by atoms with E-state index in [1.807, 2.05) is 6.92 Å². The maximum atomic E-state index is 11.6. The fourth-order valence-electron chi connectivity index (χ4n) is 1.41. The van der Waals surface area contributed by atoms with Gasteiger partial charge in [0.15, 0.2) is 0 Å². The van der Waals surface area contributed by atoms with Crippen LogP contribution >= 0.6 is 0 Å². The van der Waals surface area contributed by atoms with Gasteiger partial charge in [0.05, 0.1) is 6.04 Å². The highest BCUT2D eigenvalue weighted by Crippen LogP contribution is 2.01. The van der Waals surface area contributed by atoms with Gasteiger partial charge in [-0.2, -0.15) is 0 Å². The van der Waals surface area contributed by atoms with Crippen LogP contribution in [0.25, 0.3) is 0 Å². The van der Waals surface area contributed by atoms with Gasteiger partial charge in [-0.1, -0.05) is 19.8 Å². The van der Waals surface area contributed by atoms with Crippen molar-refractivity contribution in [3.8, 4) is 0 Å². The SMILES string of the molecule is CCCC[C@H](N)C(=O)N[C@@H](CCCN)C(=O)O. The largest absolute Gasteiger partial charge is 0.480 e. The van der Waals surface area contributed by atoms with Crippen molar-refractivity contribution in [3.63, 3.8) is 0 Å². The third-order valence-electron chi connectivity index (χ3n) is 2.52. The minimum absolute atomic E-state index is 0.331. The van der Waals surface area contributed by atoms with E-state index in [1.165, 1.54) is 0 Å². The van der Waals surface area contributed by atoms with Crippen molar-refractivity contribution in [1.82, 2.24) is 5.32 Å². The van der Waals surface area contributed by atoms with Gasteiger partial charge in [-0.25, -0.2) is 4.79 Å². The Kier molecular flexibility index (Phi) is 8.35. The first-order valence-electron chi connectivity index (χ1n) is 6.01. The van der Waals surface area contributed by atoms with Crippen LogP contribution in [-0.2, 0) is 9.59 Å². The molecule has 0 aliphatic carbocycles. The summed E-state index contributed by atoms with van der Waals surface area (Å²) in [5.74, 6) is -1.45. The maximum absolute atomic E-state index is 11.6. The minimum atomic E-state index is -1.05. The molecule has 6 N–H and O–H groups in total. The van der Waals surface area contributed by atoms with Crippen molar-refractivity contribution in [2.24, 2.45) is 11.5 Å². The molecule has 0 aliphatic heterocycles. The van der Waals surface area contributed by atoms with E-state index in [4.69, 9.17) is 16.6 Å². The summed E-state index contributed by atoms with van der Waals surface area (Å²) in [6.07, 6.45) is 3.27. The lowest BCUT2D eigenvalue weighted by Crippen LogP contribution is -2.48. The molecular formula is C11H23N3O3. The highest BCUT2D eigenvalue weighted by molar-refractivity contribution is 5.86. The number of carbonyl (C=O) groups excluding carboxylic acids is 1. The second-order valence-corrected chi connectivity index (χ2v) is 4.08. The molecule has 0 fully saturated rings. The Morgan fingerprint density at radius 3 is 2.41 bits per heavy atom. The molecule has 0 bridgehead atoms. The lowest BCUT2D eigenvalue weighted by Gasteiger charge is -2.17. The van der Waals surface area contributed by atoms with E-state index in [2.05, 4.69) is 5.32 Å². The quantitative estimate of drug-likeness (QED) is 0.449. The van der Waals surface area contributed by atoms with Crippen LogP contribution in [0, 0.1) is 0 Å². The van der Waals surface area contributed by atoms with Gasteiger partial charge in [-0.15, -0.1) is 0 Å². The van der Waals surface area contributed by atoms with E-state index in [0.717, 1.165) is 12.8 Å². The molecule has 0 saturated heterocycles. The Hall–Kier alpha value is -1.14. The summed E-state index contributed by atoms with van der Waals surface area (Å²) in [6, 6.07) is -1.52. The highest BCUT2D eigenvalue weighted by atomic mass is 16.4. The van der Waals surface area contributed by atoms with Gasteiger partial charge < -0.3 is 21.9 Å². The zero-order valence-electron chi connectivity index (χ0n) is 10.3. The molecule has 6 nitrogen and oxygen atoms in total. The van der Waals surface area contributed by atoms with Crippen LogP contribution in [-0.4, -0.2) is 35.6 Å². The summed E-state index contributed by atoms with van der Waals surface area (Å²) in [6.45, 7) is 2.41. The third kappa shape index (κ3) is 6.91. The van der Waals surface area contributed by atoms with Gasteiger partial charge in [0, 0.05) is 0 Å². The maximum Gasteiger partial charge on any atom is 0.326 e. The van der Waals surface area contributed by atoms with Gasteiger partial charge in [-0.3, -0.25) is 4.79 Å². The predicted octanol–water partition coefficient (Wildman–Crippen LogP) is -0.188. The van der Waals surface area contributed by atoms with E-state index in [9.17, 15) is 9.59 Å². The van der Waals surface area contributed by atoms with E-state index in [1.54, 1.807) is 0 Å². The van der Waals surface area contributed by atoms with Gasteiger partial charge >= 0.3 is 5.97 Å². The number of aliphatic carboxylic acids is 1. The molecule has 17 heavy (non-hydrogen) atoms. The van der Waals surface area contributed by atoms with Gasteiger partial charge in [0.1, 0.15) is 6.04 Å². The van der Waals surface area contributed by atoms with Crippen molar-refractivity contribution in [1.29, 1.82) is 0 Å². The molecule has 0 aromatic rings. The molecule has 0 aliphatic rings. The van der Waals surface area contributed by atoms with E-state index in [-0.39, 0.29) is 0 Å². The number of carbonyl (C=O) groups is 2. The molecule has 100 valence electrons. The summed E-state index contributed by atoms with van der Waals surface area (Å²) in [5, 5.41) is 11.4. The second-order valence-electron chi connectivity index (χ2n) is 4.08. The molecule has 0 spiro atoms. The Morgan fingerprint density at radius 1 is 1.29 bits per heavy atom. The fourth-order valence-corrected chi connectivity index (χ4v) is 1.41. The molecular weight excluding hydrogens is 222 g/mol. The van der Waals surface area contributed by atoms with Crippen LogP contribution < -0.4 is 16.8 Å². The lowest BCUT2D eigenvalue weighted by molar-refractivity contribution is -0.142. The number of rotatable bonds is 9. The summed E-state index contributed by atoms with van der Waals surface area (Å²) in [7, 11) is 0. The van der Waals surface area contributed by atoms with Crippen molar-refractivity contribution < 1.29 is 14.7 Å². The Balaban J connectivity index is 4.15. The van der Waals surface area contributed by atoms with Crippen molar-refractivity contribution >= 4 is 11.9 Å². The second kappa shape index (κ2) is 8.95. The molecule has 0 aromatic carbocycles. The average Bonchev–Trinajstić information content (AvgIpc) is 2.30. The summed E-state index contributed by atoms with van der Waals surface area (Å²) in [5.41, 5.74) is 11.0. The number of carboxylic acid groups (broad SMARTS) is 1. The van der Waals surface area contributed by atoms with E-state index < -0.39 is 24.0 Å². The van der Waals surface area contributed by atoms with Crippen LogP contribution in [0.1, 0.15) is 39.0 Å².